The number of ether oxygens (including phenoxy) is 1. The number of carboxylic acids is 1. The standard InChI is InChI=1S/C30H26F3N3O4/c31-30(32,33)19-8-13-24(34-17-19)18-7-14-25-23(16-18)27(35-15-3-6-26(35)37)28(29(38)39)36(25)20-9-11-22(12-10-20)40-21-4-1-2-5-21/h7-14,16-17,21H,1-6,15H2,(H,38,39). The number of amides is 1. The molecule has 1 aliphatic heterocycles. The largest absolute Gasteiger partial charge is 0.490 e. The van der Waals surface area contributed by atoms with E-state index in [2.05, 4.69) is 4.98 Å². The van der Waals surface area contributed by atoms with Crippen LogP contribution < -0.4 is 9.64 Å². The van der Waals surface area contributed by atoms with Gasteiger partial charge in [0.1, 0.15) is 5.75 Å². The lowest BCUT2D eigenvalue weighted by molar-refractivity contribution is -0.137. The molecule has 0 unspecified atom stereocenters. The van der Waals surface area contributed by atoms with Crippen molar-refractivity contribution in [1.29, 1.82) is 0 Å². The van der Waals surface area contributed by atoms with Crippen LogP contribution in [0.3, 0.4) is 0 Å². The highest BCUT2D eigenvalue weighted by molar-refractivity contribution is 6.14. The molecule has 1 aliphatic carbocycles. The SMILES string of the molecule is O=C(O)c1c(N2CCCC2=O)c2cc(-c3ccc(C(F)(F)F)cn3)ccc2n1-c1ccc(OC2CCCC2)cc1. The molecule has 0 radical (unpaired) electrons. The van der Waals surface area contributed by atoms with E-state index in [0.29, 0.717) is 53.0 Å². The van der Waals surface area contributed by atoms with Gasteiger partial charge in [0.05, 0.1) is 28.6 Å². The summed E-state index contributed by atoms with van der Waals surface area (Å²) in [6.45, 7) is 0.370. The van der Waals surface area contributed by atoms with Crippen LogP contribution in [0.2, 0.25) is 0 Å². The Morgan fingerprint density at radius 2 is 1.75 bits per heavy atom. The zero-order chi connectivity index (χ0) is 28.0. The van der Waals surface area contributed by atoms with Crippen LogP contribution in [0.5, 0.6) is 5.75 Å². The molecular weight excluding hydrogens is 523 g/mol. The zero-order valence-corrected chi connectivity index (χ0v) is 21.4. The smallest absolute Gasteiger partial charge is 0.417 e. The summed E-state index contributed by atoms with van der Waals surface area (Å²) in [5, 5.41) is 10.9. The first kappa shape index (κ1) is 25.9. The summed E-state index contributed by atoms with van der Waals surface area (Å²) in [6.07, 6.45) is 1.64. The van der Waals surface area contributed by atoms with Gasteiger partial charge in [-0.25, -0.2) is 4.79 Å². The Hall–Kier alpha value is -4.34. The summed E-state index contributed by atoms with van der Waals surface area (Å²) in [5.74, 6) is -0.680. The first-order valence-corrected chi connectivity index (χ1v) is 13.2. The molecule has 6 rings (SSSR count). The average Bonchev–Trinajstić information content (AvgIpc) is 3.67. The molecule has 1 saturated carbocycles. The van der Waals surface area contributed by atoms with Crippen LogP contribution in [0.25, 0.3) is 27.8 Å². The first-order valence-electron chi connectivity index (χ1n) is 13.2. The number of benzene rings is 2. The lowest BCUT2D eigenvalue weighted by atomic mass is 10.1. The minimum Gasteiger partial charge on any atom is -0.490 e. The minimum atomic E-state index is -4.51. The van der Waals surface area contributed by atoms with E-state index in [-0.39, 0.29) is 23.4 Å². The number of nitrogens with zero attached hydrogens (tertiary/aromatic N) is 3. The third kappa shape index (κ3) is 4.67. The Balaban J connectivity index is 1.49. The van der Waals surface area contributed by atoms with Gasteiger partial charge in [-0.05, 0) is 80.6 Å². The van der Waals surface area contributed by atoms with Crippen LogP contribution in [0.15, 0.2) is 60.8 Å². The van der Waals surface area contributed by atoms with Crippen LogP contribution in [0, 0.1) is 0 Å². The van der Waals surface area contributed by atoms with Crippen molar-refractivity contribution in [3.63, 3.8) is 0 Å². The van der Waals surface area contributed by atoms with Crippen molar-refractivity contribution in [3.05, 3.63) is 72.1 Å². The molecule has 2 aromatic heterocycles. The molecule has 4 aromatic rings. The number of fused-ring (bicyclic) bond motifs is 1. The monoisotopic (exact) mass is 549 g/mol. The minimum absolute atomic E-state index is 0.0627. The van der Waals surface area contributed by atoms with Gasteiger partial charge >= 0.3 is 12.1 Å². The number of hydrogen-bond acceptors (Lipinski definition) is 4. The van der Waals surface area contributed by atoms with E-state index < -0.39 is 17.7 Å². The Bertz CT molecular complexity index is 1590. The van der Waals surface area contributed by atoms with E-state index in [9.17, 15) is 27.9 Å². The van der Waals surface area contributed by atoms with Crippen molar-refractivity contribution in [2.75, 3.05) is 11.4 Å². The first-order chi connectivity index (χ1) is 19.2. The summed E-state index contributed by atoms with van der Waals surface area (Å²) in [6, 6.07) is 14.5. The number of carbonyl (C=O) groups is 2. The van der Waals surface area contributed by atoms with Gasteiger partial charge in [0.25, 0.3) is 0 Å². The van der Waals surface area contributed by atoms with Crippen LogP contribution >= 0.6 is 0 Å². The highest BCUT2D eigenvalue weighted by Crippen LogP contribution is 2.41. The third-order valence-electron chi connectivity index (χ3n) is 7.57. The van der Waals surface area contributed by atoms with Gasteiger partial charge in [0, 0.05) is 35.8 Å². The van der Waals surface area contributed by atoms with Crippen molar-refractivity contribution in [2.45, 2.75) is 50.8 Å². The Morgan fingerprint density at radius 1 is 1.00 bits per heavy atom. The van der Waals surface area contributed by atoms with Gasteiger partial charge in [-0.15, -0.1) is 0 Å². The average molecular weight is 550 g/mol. The summed E-state index contributed by atoms with van der Waals surface area (Å²) >= 11 is 0. The van der Waals surface area contributed by atoms with Crippen molar-refractivity contribution in [1.82, 2.24) is 9.55 Å². The van der Waals surface area contributed by atoms with Gasteiger partial charge in [-0.2, -0.15) is 13.2 Å². The van der Waals surface area contributed by atoms with Gasteiger partial charge in [0.2, 0.25) is 5.91 Å². The number of halogens is 3. The predicted octanol–water partition coefficient (Wildman–Crippen LogP) is 6.86. The normalized spacial score (nSPS) is 16.3. The van der Waals surface area contributed by atoms with Crippen LogP contribution in [0.4, 0.5) is 18.9 Å². The molecule has 3 heterocycles. The van der Waals surface area contributed by atoms with E-state index in [1.165, 1.54) is 11.0 Å². The molecule has 2 aliphatic rings. The van der Waals surface area contributed by atoms with Crippen LogP contribution in [-0.4, -0.2) is 39.2 Å². The lowest BCUT2D eigenvalue weighted by Crippen LogP contribution is -2.26. The maximum atomic E-state index is 13.1. The molecule has 40 heavy (non-hydrogen) atoms. The van der Waals surface area contributed by atoms with Crippen molar-refractivity contribution in [3.8, 4) is 22.7 Å². The van der Waals surface area contributed by atoms with Crippen LogP contribution in [0.1, 0.15) is 54.6 Å². The summed E-state index contributed by atoms with van der Waals surface area (Å²) in [5.41, 5.74) is 1.28. The second kappa shape index (κ2) is 10.0. The number of aromatic nitrogens is 2. The number of alkyl halides is 3. The maximum absolute atomic E-state index is 13.1. The van der Waals surface area contributed by atoms with E-state index in [1.807, 2.05) is 12.1 Å². The zero-order valence-electron chi connectivity index (χ0n) is 21.4. The van der Waals surface area contributed by atoms with E-state index in [1.54, 1.807) is 34.9 Å². The predicted molar refractivity (Wildman–Crippen MR) is 143 cm³/mol. The molecular formula is C30H26F3N3O4. The molecule has 2 fully saturated rings. The van der Waals surface area contributed by atoms with E-state index in [0.717, 1.165) is 37.9 Å². The molecule has 0 spiro atoms. The summed E-state index contributed by atoms with van der Waals surface area (Å²) < 4.78 is 46.8. The molecule has 206 valence electrons. The summed E-state index contributed by atoms with van der Waals surface area (Å²) in [7, 11) is 0. The molecule has 0 atom stereocenters. The number of hydrogen-bond donors (Lipinski definition) is 1. The third-order valence-corrected chi connectivity index (χ3v) is 7.57. The number of pyridine rings is 1. The summed E-state index contributed by atoms with van der Waals surface area (Å²) in [4.78, 5) is 31.0. The number of anilines is 1. The van der Waals surface area contributed by atoms with Gasteiger partial charge in [-0.1, -0.05) is 6.07 Å². The Kier molecular flexibility index (Phi) is 6.48. The number of aromatic carboxylic acids is 1. The lowest BCUT2D eigenvalue weighted by Gasteiger charge is -2.17. The van der Waals surface area contributed by atoms with Crippen molar-refractivity contribution < 1.29 is 32.6 Å². The fourth-order valence-electron chi connectivity index (χ4n) is 5.66. The number of rotatable bonds is 6. The quantitative estimate of drug-likeness (QED) is 0.284. The van der Waals surface area contributed by atoms with E-state index >= 15 is 0 Å². The second-order valence-corrected chi connectivity index (χ2v) is 10.2. The highest BCUT2D eigenvalue weighted by Gasteiger charge is 2.33. The second-order valence-electron chi connectivity index (χ2n) is 10.2. The molecule has 2 aromatic carbocycles. The number of carboxylic acid groups (broad SMARTS) is 1. The van der Waals surface area contributed by atoms with Gasteiger partial charge < -0.3 is 19.3 Å². The van der Waals surface area contributed by atoms with Crippen LogP contribution in [-0.2, 0) is 11.0 Å². The Labute approximate surface area is 227 Å². The fraction of sp³-hybridized carbons (Fsp3) is 0.300. The fourth-order valence-corrected chi connectivity index (χ4v) is 5.66. The molecule has 10 heteroatoms. The maximum Gasteiger partial charge on any atom is 0.417 e. The highest BCUT2D eigenvalue weighted by atomic mass is 19.4. The molecule has 1 saturated heterocycles. The van der Waals surface area contributed by atoms with Crippen molar-refractivity contribution in [2.24, 2.45) is 0 Å². The van der Waals surface area contributed by atoms with Gasteiger partial charge in [0.15, 0.2) is 5.69 Å². The molecule has 0 bridgehead atoms. The molecule has 7 nitrogen and oxygen atoms in total. The van der Waals surface area contributed by atoms with Gasteiger partial charge in [-0.3, -0.25) is 9.78 Å². The molecule has 1 amide bonds. The topological polar surface area (TPSA) is 84.7 Å². The molecule has 1 N–H and O–H groups in total. The number of carbonyl (C=O) groups excluding carboxylic acids is 1. The van der Waals surface area contributed by atoms with Crippen molar-refractivity contribution >= 4 is 28.5 Å². The Morgan fingerprint density at radius 3 is 2.35 bits per heavy atom. The van der Waals surface area contributed by atoms with E-state index in [4.69, 9.17) is 4.74 Å².